The molecule has 1 atom stereocenters. The third-order valence-corrected chi connectivity index (χ3v) is 3.75. The summed E-state index contributed by atoms with van der Waals surface area (Å²) in [5, 5.41) is 25.2. The van der Waals surface area contributed by atoms with Crippen LogP contribution >= 0.6 is 11.6 Å². The minimum atomic E-state index is -0.589. The highest BCUT2D eigenvalue weighted by Crippen LogP contribution is 2.23. The number of nitrogens with one attached hydrogen (secondary N) is 1. The molecule has 0 fully saturated rings. The van der Waals surface area contributed by atoms with E-state index in [1.807, 2.05) is 0 Å². The van der Waals surface area contributed by atoms with Crippen LogP contribution in [0, 0.1) is 10.1 Å². The molecular weight excluding hydrogens is 358 g/mol. The van der Waals surface area contributed by atoms with E-state index in [4.69, 9.17) is 11.6 Å². The van der Waals surface area contributed by atoms with E-state index in [2.05, 4.69) is 10.5 Å². The molecule has 0 aliphatic carbocycles. The van der Waals surface area contributed by atoms with Crippen LogP contribution in [0.15, 0.2) is 47.6 Å². The Balaban J connectivity index is 2.58. The van der Waals surface area contributed by atoms with E-state index in [-0.39, 0.29) is 11.6 Å². The number of hydrazone groups is 1. The lowest BCUT2D eigenvalue weighted by atomic mass is 9.94. The van der Waals surface area contributed by atoms with E-state index in [0.29, 0.717) is 28.3 Å². The maximum Gasteiger partial charge on any atom is 0.269 e. The van der Waals surface area contributed by atoms with Gasteiger partial charge in [0.05, 0.1) is 16.7 Å². The van der Waals surface area contributed by atoms with Crippen molar-refractivity contribution in [2.75, 3.05) is 0 Å². The van der Waals surface area contributed by atoms with Gasteiger partial charge in [-0.1, -0.05) is 17.7 Å². The highest BCUT2D eigenvalue weighted by molar-refractivity contribution is 6.31. The average Bonchev–Trinajstić information content (AvgIpc) is 2.57. The fourth-order valence-electron chi connectivity index (χ4n) is 2.42. The fraction of sp³-hybridized carbons (Fsp3) is 0.222. The molecule has 0 saturated heterocycles. The smallest absolute Gasteiger partial charge is 0.269 e. The molecule has 2 aromatic rings. The van der Waals surface area contributed by atoms with Crippen molar-refractivity contribution in [1.82, 2.24) is 5.43 Å². The van der Waals surface area contributed by atoms with E-state index in [0.717, 1.165) is 5.56 Å². The van der Waals surface area contributed by atoms with Gasteiger partial charge < -0.3 is 5.11 Å². The first-order chi connectivity index (χ1) is 12.3. The van der Waals surface area contributed by atoms with Gasteiger partial charge in [0, 0.05) is 35.2 Å². The number of nitro groups is 1. The SMILES string of the molecule is CC(=O)NN=C(c1ccc([N+](=O)[O-])cc1)c1cc(Cl)ccc1CC(C)O. The summed E-state index contributed by atoms with van der Waals surface area (Å²) in [5.74, 6) is -0.358. The van der Waals surface area contributed by atoms with Crippen LogP contribution in [0.4, 0.5) is 5.69 Å². The molecular formula is C18H18ClN3O4. The lowest BCUT2D eigenvalue weighted by molar-refractivity contribution is -0.384. The number of carbonyl (C=O) groups is 1. The number of nitro benzene ring substituents is 1. The Labute approximate surface area is 155 Å². The number of carbonyl (C=O) groups excluding carboxylic acids is 1. The number of halogens is 1. The topological polar surface area (TPSA) is 105 Å². The molecule has 2 N–H and O–H groups in total. The quantitative estimate of drug-likeness (QED) is 0.460. The van der Waals surface area contributed by atoms with Gasteiger partial charge >= 0.3 is 0 Å². The zero-order chi connectivity index (χ0) is 19.3. The second-order valence-corrected chi connectivity index (χ2v) is 6.22. The number of rotatable bonds is 6. The molecule has 0 bridgehead atoms. The lowest BCUT2D eigenvalue weighted by Gasteiger charge is -2.14. The first-order valence-electron chi connectivity index (χ1n) is 7.84. The number of aliphatic hydroxyl groups is 1. The summed E-state index contributed by atoms with van der Waals surface area (Å²) in [6, 6.07) is 11.0. The van der Waals surface area contributed by atoms with E-state index < -0.39 is 11.0 Å². The summed E-state index contributed by atoms with van der Waals surface area (Å²) in [6.07, 6.45) is -0.229. The highest BCUT2D eigenvalue weighted by atomic mass is 35.5. The summed E-state index contributed by atoms with van der Waals surface area (Å²) < 4.78 is 0. The van der Waals surface area contributed by atoms with Crippen LogP contribution in [0.1, 0.15) is 30.5 Å². The number of nitrogens with zero attached hydrogens (tertiary/aromatic N) is 2. The van der Waals surface area contributed by atoms with Gasteiger partial charge in [-0.2, -0.15) is 5.10 Å². The second-order valence-electron chi connectivity index (χ2n) is 5.79. The number of amides is 1. The molecule has 1 unspecified atom stereocenters. The van der Waals surface area contributed by atoms with E-state index in [9.17, 15) is 20.0 Å². The zero-order valence-electron chi connectivity index (χ0n) is 14.3. The van der Waals surface area contributed by atoms with Crippen molar-refractivity contribution < 1.29 is 14.8 Å². The molecule has 0 spiro atoms. The Kier molecular flexibility index (Phi) is 6.43. The number of hydrogen-bond donors (Lipinski definition) is 2. The summed E-state index contributed by atoms with van der Waals surface area (Å²) in [7, 11) is 0. The molecule has 7 nitrogen and oxygen atoms in total. The highest BCUT2D eigenvalue weighted by Gasteiger charge is 2.16. The minimum Gasteiger partial charge on any atom is -0.393 e. The zero-order valence-corrected chi connectivity index (χ0v) is 15.0. The number of aliphatic hydroxyl groups excluding tert-OH is 1. The minimum absolute atomic E-state index is 0.0528. The number of non-ortho nitro benzene ring substituents is 1. The third kappa shape index (κ3) is 5.11. The van der Waals surface area contributed by atoms with Gasteiger partial charge in [-0.3, -0.25) is 14.9 Å². The van der Waals surface area contributed by atoms with Crippen LogP contribution in [0.25, 0.3) is 0 Å². The van der Waals surface area contributed by atoms with Crippen LogP contribution in [-0.4, -0.2) is 27.8 Å². The standard InChI is InChI=1S/C18H18ClN3O4/c1-11(23)9-14-3-6-15(19)10-17(14)18(21-20-12(2)24)13-4-7-16(8-5-13)22(25)26/h3-8,10-11,23H,9H2,1-2H3,(H,20,24). The molecule has 0 saturated carbocycles. The predicted molar refractivity (Wildman–Crippen MR) is 99.4 cm³/mol. The van der Waals surface area contributed by atoms with E-state index in [1.54, 1.807) is 37.3 Å². The van der Waals surface area contributed by atoms with Crippen molar-refractivity contribution in [3.63, 3.8) is 0 Å². The summed E-state index contributed by atoms with van der Waals surface area (Å²) >= 11 is 6.12. The molecule has 0 aliphatic heterocycles. The molecule has 2 rings (SSSR count). The molecule has 2 aromatic carbocycles. The molecule has 0 heterocycles. The maximum atomic E-state index is 11.3. The van der Waals surface area contributed by atoms with Gasteiger partial charge in [-0.25, -0.2) is 5.43 Å². The van der Waals surface area contributed by atoms with Crippen molar-refractivity contribution in [2.24, 2.45) is 5.10 Å². The van der Waals surface area contributed by atoms with Gasteiger partial charge in [-0.05, 0) is 43.2 Å². The summed E-state index contributed by atoms with van der Waals surface area (Å²) in [4.78, 5) is 21.7. The van der Waals surface area contributed by atoms with Crippen molar-refractivity contribution in [3.8, 4) is 0 Å². The lowest BCUT2D eigenvalue weighted by Crippen LogP contribution is -2.19. The summed E-state index contributed by atoms with van der Waals surface area (Å²) in [6.45, 7) is 2.99. The van der Waals surface area contributed by atoms with Crippen molar-refractivity contribution >= 4 is 28.9 Å². The second kappa shape index (κ2) is 8.55. The van der Waals surface area contributed by atoms with Crippen LogP contribution < -0.4 is 5.43 Å². The average molecular weight is 376 g/mol. The molecule has 0 radical (unpaired) electrons. The van der Waals surface area contributed by atoms with Crippen LogP contribution in [0.3, 0.4) is 0 Å². The Morgan fingerprint density at radius 3 is 2.50 bits per heavy atom. The van der Waals surface area contributed by atoms with E-state index in [1.165, 1.54) is 19.1 Å². The van der Waals surface area contributed by atoms with Crippen LogP contribution in [-0.2, 0) is 11.2 Å². The molecule has 0 aromatic heterocycles. The predicted octanol–water partition coefficient (Wildman–Crippen LogP) is 3.06. The molecule has 136 valence electrons. The van der Waals surface area contributed by atoms with Crippen molar-refractivity contribution in [2.45, 2.75) is 26.4 Å². The maximum absolute atomic E-state index is 11.3. The monoisotopic (exact) mass is 375 g/mol. The van der Waals surface area contributed by atoms with Crippen LogP contribution in [0.5, 0.6) is 0 Å². The van der Waals surface area contributed by atoms with Gasteiger partial charge in [0.1, 0.15) is 0 Å². The normalized spacial score (nSPS) is 12.5. The molecule has 1 amide bonds. The fourth-order valence-corrected chi connectivity index (χ4v) is 2.59. The number of hydrogen-bond acceptors (Lipinski definition) is 5. The van der Waals surface area contributed by atoms with Gasteiger partial charge in [-0.15, -0.1) is 0 Å². The van der Waals surface area contributed by atoms with Crippen molar-refractivity contribution in [1.29, 1.82) is 0 Å². The van der Waals surface area contributed by atoms with Crippen LogP contribution in [0.2, 0.25) is 5.02 Å². The summed E-state index contributed by atoms with van der Waals surface area (Å²) in [5.41, 5.74) is 4.71. The Morgan fingerprint density at radius 1 is 1.31 bits per heavy atom. The molecule has 26 heavy (non-hydrogen) atoms. The Bertz CT molecular complexity index is 848. The largest absolute Gasteiger partial charge is 0.393 e. The van der Waals surface area contributed by atoms with Gasteiger partial charge in [0.2, 0.25) is 5.91 Å². The molecule has 0 aliphatic rings. The first kappa shape index (κ1) is 19.6. The van der Waals surface area contributed by atoms with E-state index >= 15 is 0 Å². The third-order valence-electron chi connectivity index (χ3n) is 3.52. The first-order valence-corrected chi connectivity index (χ1v) is 8.21. The van der Waals surface area contributed by atoms with Gasteiger partial charge in [0.25, 0.3) is 5.69 Å². The number of benzene rings is 2. The van der Waals surface area contributed by atoms with Gasteiger partial charge in [0.15, 0.2) is 0 Å². The van der Waals surface area contributed by atoms with Crippen molar-refractivity contribution in [3.05, 3.63) is 74.3 Å². The molecule has 8 heteroatoms. The Hall–Kier alpha value is -2.77. The Morgan fingerprint density at radius 2 is 1.96 bits per heavy atom.